The molecule has 2 amide bonds. The maximum absolute atomic E-state index is 15.4. The van der Waals surface area contributed by atoms with E-state index in [2.05, 4.69) is 20.0 Å². The number of nitrogens with one attached hydrogen (secondary N) is 1. The number of halogens is 1. The number of nitrogens with zero attached hydrogens (tertiary/aromatic N) is 5. The van der Waals surface area contributed by atoms with Gasteiger partial charge in [-0.3, -0.25) is 10.00 Å². The number of urea groups is 1. The summed E-state index contributed by atoms with van der Waals surface area (Å²) in [4.78, 5) is 13.7. The van der Waals surface area contributed by atoms with Gasteiger partial charge in [-0.2, -0.15) is 5.10 Å². The lowest BCUT2D eigenvalue weighted by Crippen LogP contribution is -2.48. The molecule has 0 radical (unpaired) electrons. The van der Waals surface area contributed by atoms with Gasteiger partial charge in [-0.05, 0) is 25.8 Å². The number of carbonyl (C=O) groups is 1. The quantitative estimate of drug-likeness (QED) is 0.833. The van der Waals surface area contributed by atoms with E-state index >= 15 is 4.39 Å². The first-order valence-corrected chi connectivity index (χ1v) is 10.2. The number of hydrogen-bond acceptors (Lipinski definition) is 7. The minimum absolute atomic E-state index is 0.152. The van der Waals surface area contributed by atoms with Crippen molar-refractivity contribution in [1.82, 2.24) is 24.3 Å². The fourth-order valence-corrected chi connectivity index (χ4v) is 5.18. The van der Waals surface area contributed by atoms with E-state index in [1.807, 2.05) is 0 Å². The molecule has 9 nitrogen and oxygen atoms in total. The van der Waals surface area contributed by atoms with Gasteiger partial charge in [0.05, 0.1) is 12.4 Å². The number of likely N-dealkylation sites (tertiary alicyclic amines) is 1. The molecule has 1 aliphatic heterocycles. The van der Waals surface area contributed by atoms with Gasteiger partial charge in [-0.1, -0.05) is 4.49 Å². The number of sulfone groups is 1. The third kappa shape index (κ3) is 3.30. The molecule has 0 aliphatic carbocycles. The largest absolute Gasteiger partial charge is 0.324 e. The monoisotopic (exact) mass is 402 g/mol. The SMILES string of the molecule is Cn1nccc1S(=O)(=O)C(C)(F)C1CCN(C(=O)Nc2cnns2)CC1. The molecule has 1 saturated heterocycles. The lowest BCUT2D eigenvalue weighted by molar-refractivity contribution is 0.117. The van der Waals surface area contributed by atoms with Crippen molar-refractivity contribution in [2.75, 3.05) is 18.4 Å². The van der Waals surface area contributed by atoms with Crippen molar-refractivity contribution in [1.29, 1.82) is 0 Å². The molecule has 1 atom stereocenters. The van der Waals surface area contributed by atoms with E-state index in [9.17, 15) is 13.2 Å². The Labute approximate surface area is 154 Å². The van der Waals surface area contributed by atoms with Crippen molar-refractivity contribution < 1.29 is 17.6 Å². The third-order valence-corrected chi connectivity index (χ3v) is 7.59. The van der Waals surface area contributed by atoms with Crippen LogP contribution in [-0.4, -0.2) is 56.8 Å². The van der Waals surface area contributed by atoms with E-state index in [1.54, 1.807) is 0 Å². The number of alkyl halides is 1. The number of anilines is 1. The molecule has 3 heterocycles. The molecule has 0 spiro atoms. The van der Waals surface area contributed by atoms with E-state index in [4.69, 9.17) is 0 Å². The van der Waals surface area contributed by atoms with Gasteiger partial charge in [-0.25, -0.2) is 17.6 Å². The van der Waals surface area contributed by atoms with Crippen molar-refractivity contribution in [2.24, 2.45) is 13.0 Å². The lowest BCUT2D eigenvalue weighted by Gasteiger charge is -2.37. The second-order valence-corrected chi connectivity index (χ2v) is 9.26. The summed E-state index contributed by atoms with van der Waals surface area (Å²) in [5.74, 6) is -0.712. The summed E-state index contributed by atoms with van der Waals surface area (Å²) in [6.07, 6.45) is 3.26. The maximum Gasteiger partial charge on any atom is 0.322 e. The molecular formula is C14H19FN6O3S2. The van der Waals surface area contributed by atoms with Crippen LogP contribution in [-0.2, 0) is 16.9 Å². The van der Waals surface area contributed by atoms with Crippen LogP contribution in [0.5, 0.6) is 0 Å². The molecule has 1 aliphatic rings. The molecule has 1 fully saturated rings. The van der Waals surface area contributed by atoms with Gasteiger partial charge >= 0.3 is 6.03 Å². The number of carbonyl (C=O) groups excluding carboxylic acids is 1. The van der Waals surface area contributed by atoms with E-state index in [-0.39, 0.29) is 37.0 Å². The summed E-state index contributed by atoms with van der Waals surface area (Å²) in [7, 11) is -2.74. The highest BCUT2D eigenvalue weighted by Crippen LogP contribution is 2.39. The van der Waals surface area contributed by atoms with Gasteiger partial charge in [-0.15, -0.1) is 5.10 Å². The zero-order valence-electron chi connectivity index (χ0n) is 14.3. The standard InChI is InChI=1S/C14H19FN6O3S2/c1-14(15,26(23,24)12-3-6-17-20(12)2)10-4-7-21(8-5-10)13(22)18-11-9-16-19-25-11/h3,6,9-10H,4-5,7-8H2,1-2H3,(H,18,22). The van der Waals surface area contributed by atoms with Crippen molar-refractivity contribution >= 4 is 32.4 Å². The van der Waals surface area contributed by atoms with E-state index in [0.29, 0.717) is 5.00 Å². The van der Waals surface area contributed by atoms with E-state index < -0.39 is 20.8 Å². The Morgan fingerprint density at radius 1 is 1.42 bits per heavy atom. The number of aromatic nitrogens is 4. The minimum Gasteiger partial charge on any atom is -0.324 e. The van der Waals surface area contributed by atoms with Crippen LogP contribution < -0.4 is 5.32 Å². The number of hydrogen-bond donors (Lipinski definition) is 1. The second kappa shape index (κ2) is 6.91. The average Bonchev–Trinajstić information content (AvgIpc) is 3.26. The Hall–Kier alpha value is -2.08. The smallest absolute Gasteiger partial charge is 0.322 e. The van der Waals surface area contributed by atoms with Crippen LogP contribution in [0.25, 0.3) is 0 Å². The second-order valence-electron chi connectivity index (χ2n) is 6.26. The topological polar surface area (TPSA) is 110 Å². The molecular weight excluding hydrogens is 383 g/mol. The zero-order chi connectivity index (χ0) is 18.9. The number of piperidine rings is 1. The van der Waals surface area contributed by atoms with Crippen LogP contribution in [0.2, 0.25) is 0 Å². The van der Waals surface area contributed by atoms with E-state index in [0.717, 1.165) is 23.1 Å². The summed E-state index contributed by atoms with van der Waals surface area (Å²) < 4.78 is 45.6. The highest BCUT2D eigenvalue weighted by molar-refractivity contribution is 7.92. The Morgan fingerprint density at radius 2 is 2.12 bits per heavy atom. The van der Waals surface area contributed by atoms with Gasteiger partial charge < -0.3 is 4.90 Å². The first-order chi connectivity index (χ1) is 12.2. The van der Waals surface area contributed by atoms with Crippen LogP contribution in [0, 0.1) is 5.92 Å². The Kier molecular flexibility index (Phi) is 4.97. The zero-order valence-corrected chi connectivity index (χ0v) is 15.9. The molecule has 2 aromatic heterocycles. The number of amides is 2. The molecule has 12 heteroatoms. The first-order valence-electron chi connectivity index (χ1n) is 7.98. The van der Waals surface area contributed by atoms with Gasteiger partial charge in [0.15, 0.2) is 5.03 Å². The minimum atomic E-state index is -4.20. The van der Waals surface area contributed by atoms with Crippen LogP contribution in [0.15, 0.2) is 23.5 Å². The summed E-state index contributed by atoms with van der Waals surface area (Å²) in [5, 5.41) is 8.04. The molecule has 0 aromatic carbocycles. The molecule has 2 aromatic rings. The van der Waals surface area contributed by atoms with Crippen molar-refractivity contribution in [2.45, 2.75) is 29.8 Å². The first kappa shape index (κ1) is 18.7. The Bertz CT molecular complexity index is 872. The normalized spacial score (nSPS) is 18.5. The molecule has 0 bridgehead atoms. The maximum atomic E-state index is 15.4. The lowest BCUT2D eigenvalue weighted by atomic mass is 9.92. The van der Waals surface area contributed by atoms with Crippen LogP contribution in [0.4, 0.5) is 14.2 Å². The van der Waals surface area contributed by atoms with Gasteiger partial charge in [0.25, 0.3) is 0 Å². The summed E-state index contributed by atoms with van der Waals surface area (Å²) >= 11 is 1.06. The molecule has 26 heavy (non-hydrogen) atoms. The van der Waals surface area contributed by atoms with Crippen LogP contribution >= 0.6 is 11.5 Å². The van der Waals surface area contributed by atoms with Gasteiger partial charge in [0.2, 0.25) is 14.8 Å². The Morgan fingerprint density at radius 3 is 2.65 bits per heavy atom. The Balaban J connectivity index is 1.67. The summed E-state index contributed by atoms with van der Waals surface area (Å²) in [6, 6.07) is 0.961. The fraction of sp³-hybridized carbons (Fsp3) is 0.571. The summed E-state index contributed by atoms with van der Waals surface area (Å²) in [5.41, 5.74) is 0. The predicted octanol–water partition coefficient (Wildman–Crippen LogP) is 1.68. The summed E-state index contributed by atoms with van der Waals surface area (Å²) in [6.45, 7) is 1.63. The van der Waals surface area contributed by atoms with Gasteiger partial charge in [0, 0.05) is 37.6 Å². The molecule has 3 rings (SSSR count). The van der Waals surface area contributed by atoms with Crippen molar-refractivity contribution in [3.8, 4) is 0 Å². The number of aryl methyl sites for hydroxylation is 1. The van der Waals surface area contributed by atoms with Crippen molar-refractivity contribution in [3.63, 3.8) is 0 Å². The highest BCUT2D eigenvalue weighted by Gasteiger charge is 2.49. The van der Waals surface area contributed by atoms with Crippen LogP contribution in [0.1, 0.15) is 19.8 Å². The molecule has 0 saturated carbocycles. The van der Waals surface area contributed by atoms with E-state index in [1.165, 1.54) is 30.4 Å². The molecule has 142 valence electrons. The highest BCUT2D eigenvalue weighted by atomic mass is 32.2. The van der Waals surface area contributed by atoms with Crippen molar-refractivity contribution in [3.05, 3.63) is 18.5 Å². The molecule has 1 N–H and O–H groups in total. The third-order valence-electron chi connectivity index (χ3n) is 4.68. The molecule has 1 unspecified atom stereocenters. The predicted molar refractivity (Wildman–Crippen MR) is 93.1 cm³/mol. The van der Waals surface area contributed by atoms with Gasteiger partial charge in [0.1, 0.15) is 5.00 Å². The fourth-order valence-electron chi connectivity index (χ4n) is 3.05. The average molecular weight is 402 g/mol. The number of rotatable bonds is 4. The van der Waals surface area contributed by atoms with Crippen LogP contribution in [0.3, 0.4) is 0 Å².